The molecule has 2 heterocycles. The highest BCUT2D eigenvalue weighted by molar-refractivity contribution is 7.18. The minimum absolute atomic E-state index is 0.207. The normalized spacial score (nSPS) is 10.5. The highest BCUT2D eigenvalue weighted by atomic mass is 35.5. The standard InChI is InChI=1S/C18H15ClN2O3S/c1-11-9-15(21-17(22)14-7-4-8-24-14)25-16(11)18(23)20-10-12-5-2-3-6-13(12)19/h2-9H,10H2,1H3,(H,20,23)(H,21,22). The molecule has 1 aromatic carbocycles. The fraction of sp³-hybridized carbons (Fsp3) is 0.111. The van der Waals surface area contributed by atoms with Gasteiger partial charge in [0.1, 0.15) is 0 Å². The second-order valence-corrected chi connectivity index (χ2v) is 6.79. The number of anilines is 1. The molecule has 0 spiro atoms. The number of carbonyl (C=O) groups excluding carboxylic acids is 2. The van der Waals surface area contributed by atoms with Crippen LogP contribution in [0.3, 0.4) is 0 Å². The first-order valence-corrected chi connectivity index (χ1v) is 8.71. The predicted molar refractivity (Wildman–Crippen MR) is 98.3 cm³/mol. The average molecular weight is 375 g/mol. The van der Waals surface area contributed by atoms with Crippen molar-refractivity contribution in [3.63, 3.8) is 0 Å². The Morgan fingerprint density at radius 1 is 1.16 bits per heavy atom. The number of hydrogen-bond acceptors (Lipinski definition) is 4. The fourth-order valence-electron chi connectivity index (χ4n) is 2.25. The van der Waals surface area contributed by atoms with Crippen LogP contribution in [0.1, 0.15) is 31.4 Å². The third kappa shape index (κ3) is 4.10. The quantitative estimate of drug-likeness (QED) is 0.691. The summed E-state index contributed by atoms with van der Waals surface area (Å²) in [6, 6.07) is 12.3. The third-order valence-electron chi connectivity index (χ3n) is 3.50. The zero-order valence-corrected chi connectivity index (χ0v) is 14.9. The molecule has 2 amide bonds. The predicted octanol–water partition coefficient (Wildman–Crippen LogP) is 4.49. The van der Waals surface area contributed by atoms with Crippen molar-refractivity contribution in [2.75, 3.05) is 5.32 Å². The lowest BCUT2D eigenvalue weighted by Gasteiger charge is -2.06. The smallest absolute Gasteiger partial charge is 0.291 e. The number of aryl methyl sites for hydroxylation is 1. The Labute approximate surface area is 153 Å². The molecule has 5 nitrogen and oxygen atoms in total. The molecular weight excluding hydrogens is 360 g/mol. The first kappa shape index (κ1) is 17.3. The van der Waals surface area contributed by atoms with Crippen molar-refractivity contribution in [2.45, 2.75) is 13.5 Å². The SMILES string of the molecule is Cc1cc(NC(=O)c2ccco2)sc1C(=O)NCc1ccccc1Cl. The maximum atomic E-state index is 12.4. The molecule has 2 N–H and O–H groups in total. The van der Waals surface area contributed by atoms with Gasteiger partial charge in [0, 0.05) is 11.6 Å². The van der Waals surface area contributed by atoms with E-state index in [0.29, 0.717) is 21.4 Å². The van der Waals surface area contributed by atoms with E-state index >= 15 is 0 Å². The molecular formula is C18H15ClN2O3S. The summed E-state index contributed by atoms with van der Waals surface area (Å²) in [6.07, 6.45) is 1.43. The molecule has 25 heavy (non-hydrogen) atoms. The number of furan rings is 1. The molecule has 0 radical (unpaired) electrons. The highest BCUT2D eigenvalue weighted by Gasteiger charge is 2.16. The molecule has 2 aromatic heterocycles. The molecule has 0 saturated carbocycles. The Balaban J connectivity index is 1.66. The maximum Gasteiger partial charge on any atom is 0.291 e. The lowest BCUT2D eigenvalue weighted by atomic mass is 10.2. The fourth-order valence-corrected chi connectivity index (χ4v) is 3.43. The lowest BCUT2D eigenvalue weighted by Crippen LogP contribution is -2.22. The summed E-state index contributed by atoms with van der Waals surface area (Å²) in [5.41, 5.74) is 1.63. The first-order chi connectivity index (χ1) is 12.0. The number of benzene rings is 1. The number of amides is 2. The molecule has 3 rings (SSSR count). The largest absolute Gasteiger partial charge is 0.459 e. The van der Waals surface area contributed by atoms with E-state index in [1.54, 1.807) is 24.3 Å². The molecule has 0 bridgehead atoms. The molecule has 0 fully saturated rings. The van der Waals surface area contributed by atoms with E-state index in [4.69, 9.17) is 16.0 Å². The van der Waals surface area contributed by atoms with Gasteiger partial charge >= 0.3 is 0 Å². The minimum atomic E-state index is -0.353. The van der Waals surface area contributed by atoms with Gasteiger partial charge in [0.15, 0.2) is 5.76 Å². The number of carbonyl (C=O) groups is 2. The minimum Gasteiger partial charge on any atom is -0.459 e. The van der Waals surface area contributed by atoms with Crippen LogP contribution >= 0.6 is 22.9 Å². The van der Waals surface area contributed by atoms with E-state index in [1.165, 1.54) is 17.6 Å². The van der Waals surface area contributed by atoms with Crippen molar-refractivity contribution in [2.24, 2.45) is 0 Å². The molecule has 0 aliphatic rings. The zero-order valence-electron chi connectivity index (χ0n) is 13.3. The topological polar surface area (TPSA) is 71.3 Å². The van der Waals surface area contributed by atoms with Crippen LogP contribution in [0.4, 0.5) is 5.00 Å². The van der Waals surface area contributed by atoms with Crippen LogP contribution < -0.4 is 10.6 Å². The van der Waals surface area contributed by atoms with Gasteiger partial charge in [-0.1, -0.05) is 29.8 Å². The second-order valence-electron chi connectivity index (χ2n) is 5.33. The Morgan fingerprint density at radius 3 is 2.68 bits per heavy atom. The molecule has 128 valence electrons. The van der Waals surface area contributed by atoms with E-state index in [9.17, 15) is 9.59 Å². The zero-order chi connectivity index (χ0) is 17.8. The summed E-state index contributed by atoms with van der Waals surface area (Å²) >= 11 is 7.30. The van der Waals surface area contributed by atoms with Crippen LogP contribution in [-0.4, -0.2) is 11.8 Å². The molecule has 3 aromatic rings. The van der Waals surface area contributed by atoms with Crippen LogP contribution in [0.5, 0.6) is 0 Å². The average Bonchev–Trinajstić information content (AvgIpc) is 3.24. The summed E-state index contributed by atoms with van der Waals surface area (Å²) in [5.74, 6) is -0.342. The van der Waals surface area contributed by atoms with Gasteiger partial charge in [-0.2, -0.15) is 0 Å². The molecule has 7 heteroatoms. The van der Waals surface area contributed by atoms with Gasteiger partial charge in [0.2, 0.25) is 0 Å². The monoisotopic (exact) mass is 374 g/mol. The van der Waals surface area contributed by atoms with Crippen molar-refractivity contribution in [3.05, 3.63) is 75.5 Å². The van der Waals surface area contributed by atoms with Crippen molar-refractivity contribution in [1.82, 2.24) is 5.32 Å². The van der Waals surface area contributed by atoms with Gasteiger partial charge in [-0.3, -0.25) is 9.59 Å². The lowest BCUT2D eigenvalue weighted by molar-refractivity contribution is 0.0953. The Hall–Kier alpha value is -2.57. The van der Waals surface area contributed by atoms with E-state index in [2.05, 4.69) is 10.6 Å². The Kier molecular flexibility index (Phi) is 5.21. The van der Waals surface area contributed by atoms with E-state index in [-0.39, 0.29) is 17.6 Å². The van der Waals surface area contributed by atoms with Gasteiger partial charge in [0.05, 0.1) is 16.1 Å². The first-order valence-electron chi connectivity index (χ1n) is 7.51. The van der Waals surface area contributed by atoms with E-state index in [0.717, 1.165) is 11.1 Å². The van der Waals surface area contributed by atoms with Gasteiger partial charge in [0.25, 0.3) is 11.8 Å². The van der Waals surface area contributed by atoms with Gasteiger partial charge in [-0.25, -0.2) is 0 Å². The molecule has 0 aliphatic carbocycles. The number of hydrogen-bond donors (Lipinski definition) is 2. The van der Waals surface area contributed by atoms with Crippen molar-refractivity contribution in [1.29, 1.82) is 0 Å². The summed E-state index contributed by atoms with van der Waals surface area (Å²) in [6.45, 7) is 2.16. The molecule has 0 aliphatic heterocycles. The second kappa shape index (κ2) is 7.55. The summed E-state index contributed by atoms with van der Waals surface area (Å²) in [4.78, 5) is 24.9. The number of rotatable bonds is 5. The van der Waals surface area contributed by atoms with Crippen LogP contribution in [-0.2, 0) is 6.54 Å². The maximum absolute atomic E-state index is 12.4. The highest BCUT2D eigenvalue weighted by Crippen LogP contribution is 2.27. The Bertz CT molecular complexity index is 903. The Morgan fingerprint density at radius 2 is 1.96 bits per heavy atom. The van der Waals surface area contributed by atoms with Crippen molar-refractivity contribution in [3.8, 4) is 0 Å². The van der Waals surface area contributed by atoms with E-state index in [1.807, 2.05) is 25.1 Å². The summed E-state index contributed by atoms with van der Waals surface area (Å²) in [7, 11) is 0. The van der Waals surface area contributed by atoms with Crippen LogP contribution in [0.2, 0.25) is 5.02 Å². The van der Waals surface area contributed by atoms with Crippen LogP contribution in [0, 0.1) is 6.92 Å². The number of halogens is 1. The molecule has 0 atom stereocenters. The van der Waals surface area contributed by atoms with Crippen LogP contribution in [0.15, 0.2) is 53.1 Å². The summed E-state index contributed by atoms with van der Waals surface area (Å²) in [5, 5.41) is 6.77. The van der Waals surface area contributed by atoms with Crippen LogP contribution in [0.25, 0.3) is 0 Å². The van der Waals surface area contributed by atoms with Gasteiger partial charge < -0.3 is 15.1 Å². The van der Waals surface area contributed by atoms with E-state index < -0.39 is 0 Å². The molecule has 0 unspecified atom stereocenters. The van der Waals surface area contributed by atoms with Crippen molar-refractivity contribution >= 4 is 39.8 Å². The van der Waals surface area contributed by atoms with Crippen molar-refractivity contribution < 1.29 is 14.0 Å². The third-order valence-corrected chi connectivity index (χ3v) is 5.02. The van der Waals surface area contributed by atoms with Gasteiger partial charge in [-0.05, 0) is 42.3 Å². The molecule has 0 saturated heterocycles. The number of nitrogens with one attached hydrogen (secondary N) is 2. The number of thiophene rings is 1. The summed E-state index contributed by atoms with van der Waals surface area (Å²) < 4.78 is 5.05. The van der Waals surface area contributed by atoms with Gasteiger partial charge in [-0.15, -0.1) is 11.3 Å².